The van der Waals surface area contributed by atoms with Crippen LogP contribution in [0.4, 0.5) is 4.39 Å². The Balaban J connectivity index is 1.53. The van der Waals surface area contributed by atoms with E-state index in [0.717, 1.165) is 18.4 Å². The molecule has 3 aromatic rings. The lowest BCUT2D eigenvalue weighted by atomic mass is 9.92. The Kier molecular flexibility index (Phi) is 4.32. The first-order valence-corrected chi connectivity index (χ1v) is 10.4. The van der Waals surface area contributed by atoms with E-state index < -0.39 is 15.8 Å². The fourth-order valence-electron chi connectivity index (χ4n) is 3.77. The minimum atomic E-state index is -3.52. The zero-order valence-corrected chi connectivity index (χ0v) is 15.4. The van der Waals surface area contributed by atoms with Crippen molar-refractivity contribution >= 4 is 20.9 Å². The van der Waals surface area contributed by atoms with Crippen molar-refractivity contribution in [2.45, 2.75) is 38.0 Å². The van der Waals surface area contributed by atoms with Gasteiger partial charge < -0.3 is 4.98 Å². The number of nitrogens with one attached hydrogen (secondary N) is 2. The fourth-order valence-corrected chi connectivity index (χ4v) is 5.18. The number of halogens is 1. The molecule has 4 nitrogen and oxygen atoms in total. The summed E-state index contributed by atoms with van der Waals surface area (Å²) >= 11 is 0. The Labute approximate surface area is 152 Å². The van der Waals surface area contributed by atoms with Gasteiger partial charge in [0.25, 0.3) is 0 Å². The molecule has 136 valence electrons. The summed E-state index contributed by atoms with van der Waals surface area (Å²) in [7, 11) is -3.52. The largest absolute Gasteiger partial charge is 0.358 e. The first-order valence-electron chi connectivity index (χ1n) is 8.74. The van der Waals surface area contributed by atoms with Crippen LogP contribution in [0.5, 0.6) is 0 Å². The Morgan fingerprint density at radius 2 is 2.08 bits per heavy atom. The van der Waals surface area contributed by atoms with E-state index in [-0.39, 0.29) is 11.8 Å². The first-order chi connectivity index (χ1) is 12.4. The first kappa shape index (κ1) is 17.2. The van der Waals surface area contributed by atoms with E-state index in [1.807, 2.05) is 0 Å². The van der Waals surface area contributed by atoms with E-state index in [9.17, 15) is 12.8 Å². The van der Waals surface area contributed by atoms with Gasteiger partial charge in [-0.1, -0.05) is 23.8 Å². The second-order valence-corrected chi connectivity index (χ2v) is 8.83. The van der Waals surface area contributed by atoms with Crippen LogP contribution < -0.4 is 4.72 Å². The number of fused-ring (bicyclic) bond motifs is 3. The van der Waals surface area contributed by atoms with Crippen molar-refractivity contribution in [1.29, 1.82) is 0 Å². The molecule has 0 bridgehead atoms. The van der Waals surface area contributed by atoms with E-state index in [4.69, 9.17) is 0 Å². The van der Waals surface area contributed by atoms with Gasteiger partial charge in [0.2, 0.25) is 10.0 Å². The smallest absolute Gasteiger partial charge is 0.216 e. The second kappa shape index (κ2) is 6.52. The number of aryl methyl sites for hydroxylation is 2. The molecule has 6 heteroatoms. The number of benzene rings is 2. The van der Waals surface area contributed by atoms with Gasteiger partial charge in [0, 0.05) is 22.6 Å². The molecule has 0 fully saturated rings. The van der Waals surface area contributed by atoms with Crippen LogP contribution in [0.3, 0.4) is 0 Å². The summed E-state index contributed by atoms with van der Waals surface area (Å²) in [5.41, 5.74) is 5.15. The zero-order valence-electron chi connectivity index (χ0n) is 14.5. The summed E-state index contributed by atoms with van der Waals surface area (Å²) in [4.78, 5) is 3.45. The topological polar surface area (TPSA) is 62.0 Å². The van der Waals surface area contributed by atoms with Crippen LogP contribution in [-0.2, 0) is 28.6 Å². The third-order valence-electron chi connectivity index (χ3n) is 4.94. The van der Waals surface area contributed by atoms with Crippen LogP contribution >= 0.6 is 0 Å². The quantitative estimate of drug-likeness (QED) is 0.735. The highest BCUT2D eigenvalue weighted by molar-refractivity contribution is 7.88. The molecule has 0 radical (unpaired) electrons. The molecule has 0 saturated carbocycles. The number of hydrogen-bond donors (Lipinski definition) is 2. The van der Waals surface area contributed by atoms with Crippen LogP contribution in [0, 0.1) is 12.7 Å². The van der Waals surface area contributed by atoms with Gasteiger partial charge in [-0.2, -0.15) is 0 Å². The highest BCUT2D eigenvalue weighted by Gasteiger charge is 2.26. The fraction of sp³-hybridized carbons (Fsp3) is 0.300. The Morgan fingerprint density at radius 3 is 2.88 bits per heavy atom. The summed E-state index contributed by atoms with van der Waals surface area (Å²) in [6, 6.07) is 11.9. The van der Waals surface area contributed by atoms with Gasteiger partial charge in [-0.05, 0) is 61.6 Å². The van der Waals surface area contributed by atoms with Crippen LogP contribution in [0.1, 0.15) is 28.8 Å². The van der Waals surface area contributed by atoms with Gasteiger partial charge >= 0.3 is 0 Å². The van der Waals surface area contributed by atoms with Crippen LogP contribution in [0.2, 0.25) is 0 Å². The third-order valence-corrected chi connectivity index (χ3v) is 6.34. The lowest BCUT2D eigenvalue weighted by Crippen LogP contribution is -2.39. The van der Waals surface area contributed by atoms with Crippen molar-refractivity contribution in [2.24, 2.45) is 0 Å². The summed E-state index contributed by atoms with van der Waals surface area (Å²) in [6.07, 6.45) is 2.23. The van der Waals surface area contributed by atoms with Crippen LogP contribution in [0.25, 0.3) is 10.9 Å². The van der Waals surface area contributed by atoms with E-state index >= 15 is 0 Å². The molecule has 0 spiro atoms. The zero-order chi connectivity index (χ0) is 18.3. The number of sulfonamides is 1. The molecule has 0 saturated heterocycles. The lowest BCUT2D eigenvalue weighted by Gasteiger charge is -2.23. The second-order valence-electron chi connectivity index (χ2n) is 7.08. The average molecular weight is 372 g/mol. The minimum absolute atomic E-state index is 0.138. The lowest BCUT2D eigenvalue weighted by molar-refractivity contribution is 0.506. The Morgan fingerprint density at radius 1 is 1.23 bits per heavy atom. The monoisotopic (exact) mass is 372 g/mol. The number of aromatic amines is 1. The molecular formula is C20H21FN2O2S. The van der Waals surface area contributed by atoms with Gasteiger partial charge in [0.15, 0.2) is 0 Å². The van der Waals surface area contributed by atoms with Crippen molar-refractivity contribution in [3.8, 4) is 0 Å². The molecule has 1 aliphatic carbocycles. The maximum Gasteiger partial charge on any atom is 0.216 e. The highest BCUT2D eigenvalue weighted by Crippen LogP contribution is 2.30. The molecule has 1 aromatic heterocycles. The molecule has 2 N–H and O–H groups in total. The molecule has 4 rings (SSSR count). The van der Waals surface area contributed by atoms with Crippen molar-refractivity contribution in [3.05, 3.63) is 70.7 Å². The van der Waals surface area contributed by atoms with Gasteiger partial charge in [-0.15, -0.1) is 0 Å². The number of aromatic nitrogens is 1. The molecule has 1 heterocycles. The molecule has 26 heavy (non-hydrogen) atoms. The van der Waals surface area contributed by atoms with E-state index in [1.54, 1.807) is 6.07 Å². The average Bonchev–Trinajstić information content (AvgIpc) is 2.91. The normalized spacial score (nSPS) is 17.4. The molecule has 1 unspecified atom stereocenters. The number of hydrogen-bond acceptors (Lipinski definition) is 2. The van der Waals surface area contributed by atoms with Gasteiger partial charge in [0.05, 0.1) is 5.75 Å². The predicted octanol–water partition coefficient (Wildman–Crippen LogP) is 3.59. The Hall–Kier alpha value is -2.18. The maximum atomic E-state index is 13.3. The molecule has 1 atom stereocenters. The van der Waals surface area contributed by atoms with Crippen molar-refractivity contribution in [2.75, 3.05) is 0 Å². The standard InChI is InChI=1S/C20H21FN2O2S/c1-13-5-7-19-17(9-13)18-11-16(6-8-20(18)22-19)23-26(24,25)12-14-3-2-4-15(21)10-14/h2-5,7,9-10,16,22-23H,6,8,11-12H2,1H3. The van der Waals surface area contributed by atoms with Crippen molar-refractivity contribution < 1.29 is 12.8 Å². The van der Waals surface area contributed by atoms with E-state index in [0.29, 0.717) is 12.0 Å². The minimum Gasteiger partial charge on any atom is -0.358 e. The molecule has 2 aromatic carbocycles. The van der Waals surface area contributed by atoms with Crippen molar-refractivity contribution in [3.63, 3.8) is 0 Å². The number of H-pyrrole nitrogens is 1. The van der Waals surface area contributed by atoms with Crippen LogP contribution in [0.15, 0.2) is 42.5 Å². The third kappa shape index (κ3) is 3.52. The van der Waals surface area contributed by atoms with E-state index in [2.05, 4.69) is 34.8 Å². The molecular weight excluding hydrogens is 351 g/mol. The predicted molar refractivity (Wildman–Crippen MR) is 101 cm³/mol. The van der Waals surface area contributed by atoms with Crippen molar-refractivity contribution in [1.82, 2.24) is 9.71 Å². The summed E-state index contributed by atoms with van der Waals surface area (Å²) in [6.45, 7) is 2.06. The highest BCUT2D eigenvalue weighted by atomic mass is 32.2. The SMILES string of the molecule is Cc1ccc2[nH]c3c(c2c1)CC(NS(=O)(=O)Cc1cccc(F)c1)CC3. The summed E-state index contributed by atoms with van der Waals surface area (Å²) in [5.74, 6) is -0.629. The Bertz CT molecular complexity index is 1070. The van der Waals surface area contributed by atoms with Gasteiger partial charge in [-0.3, -0.25) is 0 Å². The molecule has 0 aliphatic heterocycles. The molecule has 0 amide bonds. The summed E-state index contributed by atoms with van der Waals surface area (Å²) < 4.78 is 41.1. The van der Waals surface area contributed by atoms with Gasteiger partial charge in [0.1, 0.15) is 5.82 Å². The van der Waals surface area contributed by atoms with Crippen LogP contribution in [-0.4, -0.2) is 19.4 Å². The summed E-state index contributed by atoms with van der Waals surface area (Å²) in [5, 5.41) is 1.18. The number of rotatable bonds is 4. The molecule has 1 aliphatic rings. The maximum absolute atomic E-state index is 13.3. The van der Waals surface area contributed by atoms with E-state index in [1.165, 1.54) is 40.4 Å². The van der Waals surface area contributed by atoms with Gasteiger partial charge in [-0.25, -0.2) is 17.5 Å².